The van der Waals surface area contributed by atoms with Crippen LogP contribution in [0.25, 0.3) is 22.6 Å². The summed E-state index contributed by atoms with van der Waals surface area (Å²) < 4.78 is 0. The summed E-state index contributed by atoms with van der Waals surface area (Å²) in [5.41, 5.74) is 3.91. The Balaban J connectivity index is 1.80. The van der Waals surface area contributed by atoms with E-state index < -0.39 is 0 Å². The number of aromatic nitrogens is 3. The van der Waals surface area contributed by atoms with E-state index in [-0.39, 0.29) is 0 Å². The van der Waals surface area contributed by atoms with Crippen LogP contribution in [0.1, 0.15) is 5.56 Å². The molecule has 0 unspecified atom stereocenters. The second-order valence-corrected chi connectivity index (χ2v) is 7.58. The van der Waals surface area contributed by atoms with Crippen molar-refractivity contribution in [2.24, 2.45) is 0 Å². The van der Waals surface area contributed by atoms with E-state index in [0.29, 0.717) is 10.8 Å². The summed E-state index contributed by atoms with van der Waals surface area (Å²) in [7, 11) is 0. The molecule has 0 bridgehead atoms. The van der Waals surface area contributed by atoms with Gasteiger partial charge in [0.25, 0.3) is 0 Å². The van der Waals surface area contributed by atoms with Gasteiger partial charge < -0.3 is 0 Å². The zero-order valence-corrected chi connectivity index (χ0v) is 16.2. The molecule has 0 spiro atoms. The van der Waals surface area contributed by atoms with Crippen LogP contribution in [0.5, 0.6) is 0 Å². The SMILES string of the molecule is Cc1ccc(-c2nnc(-c3ccccc3)nc2Sc2ccc(Cl)cc2)cc1. The molecule has 4 aromatic rings. The van der Waals surface area contributed by atoms with Crippen LogP contribution < -0.4 is 0 Å². The first kappa shape index (κ1) is 17.7. The summed E-state index contributed by atoms with van der Waals surface area (Å²) in [5, 5.41) is 10.4. The molecule has 0 saturated carbocycles. The predicted octanol–water partition coefficient (Wildman–Crippen LogP) is 6.32. The van der Waals surface area contributed by atoms with Gasteiger partial charge in [-0.15, -0.1) is 10.2 Å². The zero-order valence-electron chi connectivity index (χ0n) is 14.6. The van der Waals surface area contributed by atoms with Gasteiger partial charge in [-0.3, -0.25) is 0 Å². The normalized spacial score (nSPS) is 10.7. The van der Waals surface area contributed by atoms with Gasteiger partial charge >= 0.3 is 0 Å². The van der Waals surface area contributed by atoms with Crippen molar-refractivity contribution in [1.29, 1.82) is 0 Å². The number of benzene rings is 3. The van der Waals surface area contributed by atoms with Gasteiger partial charge in [0.2, 0.25) is 0 Å². The number of nitrogens with zero attached hydrogens (tertiary/aromatic N) is 3. The van der Waals surface area contributed by atoms with Crippen LogP contribution in [0.15, 0.2) is 88.8 Å². The van der Waals surface area contributed by atoms with E-state index in [0.717, 1.165) is 26.7 Å². The van der Waals surface area contributed by atoms with Crippen LogP contribution in [-0.2, 0) is 0 Å². The average molecular weight is 390 g/mol. The highest BCUT2D eigenvalue weighted by Gasteiger charge is 2.14. The molecule has 3 nitrogen and oxygen atoms in total. The third-order valence-electron chi connectivity index (χ3n) is 4.04. The van der Waals surface area contributed by atoms with Gasteiger partial charge in [-0.2, -0.15) is 0 Å². The number of hydrogen-bond acceptors (Lipinski definition) is 4. The standard InChI is InChI=1S/C22H16ClN3S/c1-15-7-9-16(10-8-15)20-22(27-19-13-11-18(23)12-14-19)24-21(26-25-20)17-5-3-2-4-6-17/h2-14H,1H3. The minimum atomic E-state index is 0.614. The number of halogens is 1. The topological polar surface area (TPSA) is 38.7 Å². The molecule has 0 fully saturated rings. The number of rotatable bonds is 4. The molecule has 0 N–H and O–H groups in total. The van der Waals surface area contributed by atoms with Crippen molar-refractivity contribution >= 4 is 23.4 Å². The summed E-state index contributed by atoms with van der Waals surface area (Å²) in [6, 6.07) is 25.8. The quantitative estimate of drug-likeness (QED) is 0.409. The van der Waals surface area contributed by atoms with E-state index in [1.807, 2.05) is 54.6 Å². The predicted molar refractivity (Wildman–Crippen MR) is 111 cm³/mol. The first-order chi connectivity index (χ1) is 13.2. The molecule has 4 rings (SSSR count). The summed E-state index contributed by atoms with van der Waals surface area (Å²) in [6.07, 6.45) is 0. The Hall–Kier alpha value is -2.69. The van der Waals surface area contributed by atoms with Crippen LogP contribution in [0.2, 0.25) is 5.02 Å². The van der Waals surface area contributed by atoms with E-state index in [1.54, 1.807) is 11.8 Å². The second-order valence-electron chi connectivity index (χ2n) is 6.08. The minimum Gasteiger partial charge on any atom is -0.217 e. The Morgan fingerprint density at radius 2 is 1.44 bits per heavy atom. The highest BCUT2D eigenvalue weighted by Crippen LogP contribution is 2.34. The second kappa shape index (κ2) is 7.91. The molecule has 0 aliphatic carbocycles. The lowest BCUT2D eigenvalue weighted by Crippen LogP contribution is -1.99. The molecule has 1 aromatic heterocycles. The summed E-state index contributed by atoms with van der Waals surface area (Å²) >= 11 is 7.57. The van der Waals surface area contributed by atoms with Crippen molar-refractivity contribution in [3.63, 3.8) is 0 Å². The smallest absolute Gasteiger partial charge is 0.182 e. The van der Waals surface area contributed by atoms with Crippen molar-refractivity contribution in [1.82, 2.24) is 15.2 Å². The van der Waals surface area contributed by atoms with Crippen LogP contribution >= 0.6 is 23.4 Å². The van der Waals surface area contributed by atoms with E-state index in [9.17, 15) is 0 Å². The zero-order chi connectivity index (χ0) is 18.6. The fourth-order valence-corrected chi connectivity index (χ4v) is 3.61. The average Bonchev–Trinajstić information content (AvgIpc) is 2.71. The lowest BCUT2D eigenvalue weighted by molar-refractivity contribution is 0.924. The van der Waals surface area contributed by atoms with E-state index in [2.05, 4.69) is 41.4 Å². The van der Waals surface area contributed by atoms with Gasteiger partial charge in [-0.1, -0.05) is 83.5 Å². The monoisotopic (exact) mass is 389 g/mol. The molecule has 0 atom stereocenters. The van der Waals surface area contributed by atoms with E-state index in [1.165, 1.54) is 5.56 Å². The van der Waals surface area contributed by atoms with Crippen LogP contribution in [0.3, 0.4) is 0 Å². The maximum atomic E-state index is 6.01. The fourth-order valence-electron chi connectivity index (χ4n) is 2.60. The Bertz CT molecular complexity index is 1050. The highest BCUT2D eigenvalue weighted by atomic mass is 35.5. The molecule has 27 heavy (non-hydrogen) atoms. The first-order valence-corrected chi connectivity index (χ1v) is 9.69. The third-order valence-corrected chi connectivity index (χ3v) is 5.28. The van der Waals surface area contributed by atoms with E-state index in [4.69, 9.17) is 16.6 Å². The summed E-state index contributed by atoms with van der Waals surface area (Å²) in [4.78, 5) is 5.86. The number of hydrogen-bond donors (Lipinski definition) is 0. The van der Waals surface area contributed by atoms with Crippen molar-refractivity contribution in [2.75, 3.05) is 0 Å². The van der Waals surface area contributed by atoms with Gasteiger partial charge in [0.15, 0.2) is 5.82 Å². The van der Waals surface area contributed by atoms with Crippen molar-refractivity contribution < 1.29 is 0 Å². The maximum Gasteiger partial charge on any atom is 0.182 e. The summed E-state index contributed by atoms with van der Waals surface area (Å²) in [6.45, 7) is 2.07. The molecule has 0 radical (unpaired) electrons. The first-order valence-electron chi connectivity index (χ1n) is 8.50. The van der Waals surface area contributed by atoms with Crippen LogP contribution in [-0.4, -0.2) is 15.2 Å². The Kier molecular flexibility index (Phi) is 5.19. The lowest BCUT2D eigenvalue weighted by Gasteiger charge is -2.09. The van der Waals surface area contributed by atoms with E-state index >= 15 is 0 Å². The molecular formula is C22H16ClN3S. The molecule has 0 aliphatic heterocycles. The van der Waals surface area contributed by atoms with Crippen molar-refractivity contribution in [3.8, 4) is 22.6 Å². The van der Waals surface area contributed by atoms with Crippen LogP contribution in [0.4, 0.5) is 0 Å². The Morgan fingerprint density at radius 1 is 0.741 bits per heavy atom. The fraction of sp³-hybridized carbons (Fsp3) is 0.0455. The Labute approximate surface area is 167 Å². The molecule has 1 heterocycles. The minimum absolute atomic E-state index is 0.614. The number of aryl methyl sites for hydroxylation is 1. The van der Waals surface area contributed by atoms with Gasteiger partial charge in [-0.05, 0) is 31.2 Å². The largest absolute Gasteiger partial charge is 0.217 e. The van der Waals surface area contributed by atoms with Crippen LogP contribution in [0, 0.1) is 6.92 Å². The summed E-state index contributed by atoms with van der Waals surface area (Å²) in [5.74, 6) is 0.614. The van der Waals surface area contributed by atoms with Gasteiger partial charge in [0.05, 0.1) is 0 Å². The molecular weight excluding hydrogens is 374 g/mol. The molecule has 5 heteroatoms. The molecule has 0 aliphatic rings. The highest BCUT2D eigenvalue weighted by molar-refractivity contribution is 7.99. The van der Waals surface area contributed by atoms with Crippen molar-refractivity contribution in [2.45, 2.75) is 16.8 Å². The molecule has 132 valence electrons. The lowest BCUT2D eigenvalue weighted by atomic mass is 10.1. The van der Waals surface area contributed by atoms with Gasteiger partial charge in [0, 0.05) is 21.0 Å². The van der Waals surface area contributed by atoms with Gasteiger partial charge in [-0.25, -0.2) is 4.98 Å². The third kappa shape index (κ3) is 4.18. The molecule has 3 aromatic carbocycles. The Morgan fingerprint density at radius 3 is 2.15 bits per heavy atom. The van der Waals surface area contributed by atoms with Gasteiger partial charge in [0.1, 0.15) is 10.7 Å². The maximum absolute atomic E-state index is 6.01. The van der Waals surface area contributed by atoms with Crippen molar-refractivity contribution in [3.05, 3.63) is 89.4 Å². The molecule has 0 amide bonds. The molecule has 0 saturated heterocycles.